The number of sulfonamides is 1. The summed E-state index contributed by atoms with van der Waals surface area (Å²) >= 11 is 6.57. The molecule has 0 aliphatic rings. The quantitative estimate of drug-likeness (QED) is 0.248. The van der Waals surface area contributed by atoms with Gasteiger partial charge in [-0.1, -0.05) is 11.6 Å². The summed E-state index contributed by atoms with van der Waals surface area (Å²) in [6.07, 6.45) is -5.31. The van der Waals surface area contributed by atoms with Crippen molar-refractivity contribution in [2.24, 2.45) is 0 Å². The van der Waals surface area contributed by atoms with Crippen LogP contribution in [0.1, 0.15) is 10.4 Å². The second-order valence-corrected chi connectivity index (χ2v) is 11.5. The molecule has 0 saturated heterocycles. The number of aryl methyl sites for hydroxylation is 1. The first-order chi connectivity index (χ1) is 18.1. The van der Waals surface area contributed by atoms with Crippen LogP contribution in [0, 0.1) is 12.7 Å². The molecule has 2 aromatic heterocycles. The minimum absolute atomic E-state index is 0.000422. The molecule has 0 radical (unpaired) electrons. The van der Waals surface area contributed by atoms with E-state index in [0.717, 1.165) is 17.4 Å². The summed E-state index contributed by atoms with van der Waals surface area (Å²) in [4.78, 5) is 40.6. The minimum atomic E-state index is -5.31. The van der Waals surface area contributed by atoms with Crippen LogP contribution in [0.2, 0.25) is 5.02 Å². The third-order valence-electron chi connectivity index (χ3n) is 5.36. The van der Waals surface area contributed by atoms with Crippen LogP contribution in [0.5, 0.6) is 0 Å². The zero-order valence-electron chi connectivity index (χ0n) is 19.7. The molecular weight excluding hydrogens is 590 g/mol. The predicted octanol–water partition coefficient (Wildman–Crippen LogP) is 4.41. The molecule has 206 valence electrons. The van der Waals surface area contributed by atoms with Crippen molar-refractivity contribution in [3.8, 4) is 5.69 Å². The van der Waals surface area contributed by atoms with E-state index in [0.29, 0.717) is 16.6 Å². The first-order valence-corrected chi connectivity index (χ1v) is 13.3. The van der Waals surface area contributed by atoms with Crippen LogP contribution in [0.25, 0.3) is 16.6 Å². The molecule has 0 unspecified atom stereocenters. The molecule has 10 nitrogen and oxygen atoms in total. The minimum Gasteiger partial charge on any atom is -0.388 e. The van der Waals surface area contributed by atoms with Gasteiger partial charge in [-0.05, 0) is 43.3 Å². The Bertz CT molecular complexity index is 1850. The number of halogens is 5. The van der Waals surface area contributed by atoms with Gasteiger partial charge in [0.2, 0.25) is 0 Å². The van der Waals surface area contributed by atoms with Crippen LogP contribution in [0.4, 0.5) is 33.7 Å². The molecule has 0 saturated carbocycles. The van der Waals surface area contributed by atoms with Crippen LogP contribution >= 0.6 is 22.9 Å². The van der Waals surface area contributed by atoms with Crippen molar-refractivity contribution in [3.63, 3.8) is 0 Å². The second kappa shape index (κ2) is 10.0. The molecule has 0 aliphatic carbocycles. The lowest BCUT2D eigenvalue weighted by Gasteiger charge is -2.17. The number of carbonyl (C=O) groups is 1. The van der Waals surface area contributed by atoms with Gasteiger partial charge in [0.15, 0.2) is 0 Å². The third kappa shape index (κ3) is 5.48. The van der Waals surface area contributed by atoms with E-state index in [9.17, 15) is 36.0 Å². The highest BCUT2D eigenvalue weighted by Gasteiger charge is 2.37. The molecular formula is C22H16ClF4N5O5S2. The van der Waals surface area contributed by atoms with Crippen LogP contribution in [0.3, 0.4) is 0 Å². The number of H-pyrrole nitrogens is 1. The van der Waals surface area contributed by atoms with Crippen LogP contribution in [-0.2, 0) is 16.2 Å². The summed E-state index contributed by atoms with van der Waals surface area (Å²) in [6, 6.07) is 4.28. The van der Waals surface area contributed by atoms with Gasteiger partial charge in [0.1, 0.15) is 15.7 Å². The average molecular weight is 606 g/mol. The SMILES string of the molecule is CNc1ccc2c(=O)n(-c3c(F)cc(NC(=O)NS(=O)(=O)c4cc(Cl)c(C)s4)cc3C(F)(F)F)c(=O)[nH]c2c1. The van der Waals surface area contributed by atoms with Crippen LogP contribution in [-0.4, -0.2) is 31.0 Å². The second-order valence-electron chi connectivity index (χ2n) is 7.96. The number of carbonyl (C=O) groups excluding carboxylic acids is 1. The zero-order valence-corrected chi connectivity index (χ0v) is 22.0. The summed E-state index contributed by atoms with van der Waals surface area (Å²) in [6.45, 7) is 1.53. The fourth-order valence-corrected chi connectivity index (χ4v) is 6.18. The van der Waals surface area contributed by atoms with Gasteiger partial charge in [-0.2, -0.15) is 13.2 Å². The van der Waals surface area contributed by atoms with Crippen molar-refractivity contribution in [2.45, 2.75) is 17.3 Å². The summed E-state index contributed by atoms with van der Waals surface area (Å²) in [5.74, 6) is -1.69. The molecule has 4 aromatic rings. The standard InChI is InChI=1S/C22H16ClF4N5O5S2/c1-9-14(23)8-17(38-9)39(36,37)31-20(34)29-11-5-13(22(25,26)27)18(15(24)6-11)32-19(33)12-4-3-10(28-2)7-16(12)30-21(32)35/h3-8,28H,1-2H3,(H,30,35)(H2,29,31,34). The molecule has 2 aromatic carbocycles. The number of thiophene rings is 1. The van der Waals surface area contributed by atoms with E-state index in [2.05, 4.69) is 10.3 Å². The van der Waals surface area contributed by atoms with Crippen molar-refractivity contribution in [3.05, 3.63) is 78.5 Å². The topological polar surface area (TPSA) is 142 Å². The maximum Gasteiger partial charge on any atom is 0.418 e. The lowest BCUT2D eigenvalue weighted by Crippen LogP contribution is -2.36. The van der Waals surface area contributed by atoms with Crippen molar-refractivity contribution in [1.82, 2.24) is 14.3 Å². The average Bonchev–Trinajstić information content (AvgIpc) is 3.17. The third-order valence-corrected chi connectivity index (χ3v) is 8.72. The van der Waals surface area contributed by atoms with Gasteiger partial charge in [-0.25, -0.2) is 31.7 Å². The molecule has 39 heavy (non-hydrogen) atoms. The maximum absolute atomic E-state index is 15.2. The van der Waals surface area contributed by atoms with Crippen molar-refractivity contribution < 1.29 is 30.8 Å². The van der Waals surface area contributed by atoms with E-state index < -0.39 is 56.2 Å². The Balaban J connectivity index is 1.77. The number of benzene rings is 2. The highest BCUT2D eigenvalue weighted by atomic mass is 35.5. The Labute approximate surface area is 225 Å². The summed E-state index contributed by atoms with van der Waals surface area (Å²) in [5, 5.41) is 4.51. The Hall–Kier alpha value is -3.89. The summed E-state index contributed by atoms with van der Waals surface area (Å²) in [7, 11) is -2.89. The molecule has 4 rings (SSSR count). The normalized spacial score (nSPS) is 12.0. The number of anilines is 2. The van der Waals surface area contributed by atoms with E-state index in [1.165, 1.54) is 25.1 Å². The number of fused-ring (bicyclic) bond motifs is 1. The Morgan fingerprint density at radius 1 is 1.10 bits per heavy atom. The number of hydrogen-bond acceptors (Lipinski definition) is 7. The van der Waals surface area contributed by atoms with Gasteiger partial charge in [0, 0.05) is 23.3 Å². The van der Waals surface area contributed by atoms with Crippen molar-refractivity contribution in [1.29, 1.82) is 0 Å². The molecule has 0 spiro atoms. The summed E-state index contributed by atoms with van der Waals surface area (Å²) in [5.41, 5.74) is -6.07. The first kappa shape index (κ1) is 28.1. The van der Waals surface area contributed by atoms with Gasteiger partial charge in [-0.15, -0.1) is 11.3 Å². The number of rotatable bonds is 5. The van der Waals surface area contributed by atoms with Crippen LogP contribution < -0.4 is 26.6 Å². The Morgan fingerprint density at radius 3 is 2.38 bits per heavy atom. The number of amides is 2. The van der Waals surface area contributed by atoms with E-state index in [4.69, 9.17) is 11.6 Å². The molecule has 0 atom stereocenters. The number of nitrogens with zero attached hydrogens (tertiary/aromatic N) is 1. The zero-order chi connectivity index (χ0) is 28.9. The number of aromatic nitrogens is 2. The molecule has 4 N–H and O–H groups in total. The fraction of sp³-hybridized carbons (Fsp3) is 0.136. The lowest BCUT2D eigenvalue weighted by molar-refractivity contribution is -0.137. The van der Waals surface area contributed by atoms with Gasteiger partial charge in [0.05, 0.1) is 21.5 Å². The van der Waals surface area contributed by atoms with Gasteiger partial charge in [0.25, 0.3) is 15.6 Å². The Morgan fingerprint density at radius 2 is 1.79 bits per heavy atom. The Kier molecular flexibility index (Phi) is 7.22. The molecule has 0 fully saturated rings. The molecule has 0 bridgehead atoms. The largest absolute Gasteiger partial charge is 0.418 e. The number of nitrogens with one attached hydrogen (secondary N) is 4. The van der Waals surface area contributed by atoms with Crippen molar-refractivity contribution >= 4 is 61.3 Å². The number of urea groups is 1. The van der Waals surface area contributed by atoms with E-state index in [1.54, 1.807) is 11.8 Å². The number of aromatic amines is 1. The van der Waals surface area contributed by atoms with Crippen molar-refractivity contribution in [2.75, 3.05) is 17.7 Å². The molecule has 2 amide bonds. The molecule has 17 heteroatoms. The van der Waals surface area contributed by atoms with Gasteiger partial charge >= 0.3 is 17.9 Å². The maximum atomic E-state index is 15.2. The summed E-state index contributed by atoms with van der Waals surface area (Å²) < 4.78 is 83.2. The predicted molar refractivity (Wildman–Crippen MR) is 138 cm³/mol. The first-order valence-electron chi connectivity index (χ1n) is 10.6. The highest BCUT2D eigenvalue weighted by molar-refractivity contribution is 7.92. The van der Waals surface area contributed by atoms with Crippen LogP contribution in [0.15, 0.2) is 50.2 Å². The molecule has 2 heterocycles. The number of hydrogen-bond donors (Lipinski definition) is 4. The van der Waals surface area contributed by atoms with E-state index >= 15 is 4.39 Å². The lowest BCUT2D eigenvalue weighted by atomic mass is 10.1. The van der Waals surface area contributed by atoms with E-state index in [1.807, 2.05) is 5.32 Å². The number of alkyl halides is 3. The van der Waals surface area contributed by atoms with Gasteiger partial charge in [-0.3, -0.25) is 4.79 Å². The fourth-order valence-electron chi connectivity index (χ4n) is 3.59. The molecule has 0 aliphatic heterocycles. The van der Waals surface area contributed by atoms with E-state index in [-0.39, 0.29) is 30.8 Å². The monoisotopic (exact) mass is 605 g/mol. The highest BCUT2D eigenvalue weighted by Crippen LogP contribution is 2.37. The smallest absolute Gasteiger partial charge is 0.388 e. The van der Waals surface area contributed by atoms with Gasteiger partial charge < -0.3 is 15.6 Å².